The zero-order valence-electron chi connectivity index (χ0n) is 6.84. The lowest BCUT2D eigenvalue weighted by Gasteiger charge is -1.88. The van der Waals surface area contributed by atoms with Crippen molar-refractivity contribution in [1.29, 1.82) is 0 Å². The van der Waals surface area contributed by atoms with Gasteiger partial charge in [0.1, 0.15) is 5.82 Å². The Morgan fingerprint density at radius 2 is 2.07 bits per heavy atom. The molecule has 0 atom stereocenters. The molecular formula is C9H5F2NO2. The minimum atomic E-state index is -1.40. The summed E-state index contributed by atoms with van der Waals surface area (Å²) in [6.45, 7) is 0. The average Bonchev–Trinajstić information content (AvgIpc) is 2.43. The third-order valence-corrected chi connectivity index (χ3v) is 1.91. The molecule has 1 aromatic heterocycles. The van der Waals surface area contributed by atoms with Crippen LogP contribution in [0.15, 0.2) is 18.2 Å². The van der Waals surface area contributed by atoms with Gasteiger partial charge in [0.15, 0.2) is 11.5 Å². The number of benzene rings is 1. The first-order chi connectivity index (χ1) is 6.59. The van der Waals surface area contributed by atoms with Crippen LogP contribution in [0.3, 0.4) is 0 Å². The first-order valence-electron chi connectivity index (χ1n) is 3.79. The fraction of sp³-hybridized carbons (Fsp3) is 0. The zero-order valence-corrected chi connectivity index (χ0v) is 6.84. The summed E-state index contributed by atoms with van der Waals surface area (Å²) in [4.78, 5) is 12.8. The Hall–Kier alpha value is -1.91. The standard InChI is InChI=1S/C9H5F2NO2/c10-4-1-2-5-6(3-4)12-8(7(5)11)9(13)14/h1-3,12H,(H,13,14). The maximum atomic E-state index is 13.3. The molecule has 0 unspecified atom stereocenters. The summed E-state index contributed by atoms with van der Waals surface area (Å²) < 4.78 is 26.0. The molecule has 5 heteroatoms. The van der Waals surface area contributed by atoms with Gasteiger partial charge in [0.2, 0.25) is 0 Å². The molecule has 0 saturated heterocycles. The van der Waals surface area contributed by atoms with E-state index in [4.69, 9.17) is 5.11 Å². The summed E-state index contributed by atoms with van der Waals surface area (Å²) in [6.07, 6.45) is 0. The summed E-state index contributed by atoms with van der Waals surface area (Å²) in [5.74, 6) is -2.82. The largest absolute Gasteiger partial charge is 0.476 e. The molecule has 72 valence electrons. The van der Waals surface area contributed by atoms with E-state index in [1.54, 1.807) is 0 Å². The zero-order chi connectivity index (χ0) is 10.3. The number of rotatable bonds is 1. The van der Waals surface area contributed by atoms with E-state index in [1.165, 1.54) is 6.07 Å². The number of carboxylic acid groups (broad SMARTS) is 1. The van der Waals surface area contributed by atoms with Crippen LogP contribution in [0.5, 0.6) is 0 Å². The molecule has 0 radical (unpaired) electrons. The molecule has 0 aliphatic rings. The van der Waals surface area contributed by atoms with Gasteiger partial charge >= 0.3 is 5.97 Å². The van der Waals surface area contributed by atoms with Crippen molar-refractivity contribution in [3.63, 3.8) is 0 Å². The number of carboxylic acids is 1. The van der Waals surface area contributed by atoms with Gasteiger partial charge in [-0.1, -0.05) is 0 Å². The molecule has 0 spiro atoms. The lowest BCUT2D eigenvalue weighted by molar-refractivity contribution is 0.0686. The minimum absolute atomic E-state index is 0.0730. The summed E-state index contributed by atoms with van der Waals surface area (Å²) in [6, 6.07) is 3.32. The highest BCUT2D eigenvalue weighted by Crippen LogP contribution is 2.21. The van der Waals surface area contributed by atoms with E-state index >= 15 is 0 Å². The van der Waals surface area contributed by atoms with Crippen LogP contribution in [0.1, 0.15) is 10.5 Å². The van der Waals surface area contributed by atoms with E-state index in [0.717, 1.165) is 12.1 Å². The lowest BCUT2D eigenvalue weighted by atomic mass is 10.2. The third kappa shape index (κ3) is 1.14. The molecule has 0 amide bonds. The Kier molecular flexibility index (Phi) is 1.73. The second-order valence-electron chi connectivity index (χ2n) is 2.81. The van der Waals surface area contributed by atoms with Gasteiger partial charge in [-0.2, -0.15) is 0 Å². The monoisotopic (exact) mass is 197 g/mol. The molecule has 14 heavy (non-hydrogen) atoms. The Morgan fingerprint density at radius 1 is 1.36 bits per heavy atom. The van der Waals surface area contributed by atoms with Crippen LogP contribution in [-0.4, -0.2) is 16.1 Å². The van der Waals surface area contributed by atoms with E-state index in [2.05, 4.69) is 4.98 Å². The number of carbonyl (C=O) groups is 1. The molecule has 1 aromatic carbocycles. The number of nitrogens with one attached hydrogen (secondary N) is 1. The predicted octanol–water partition coefficient (Wildman–Crippen LogP) is 2.14. The van der Waals surface area contributed by atoms with Gasteiger partial charge < -0.3 is 10.1 Å². The van der Waals surface area contributed by atoms with Crippen molar-refractivity contribution >= 4 is 16.9 Å². The van der Waals surface area contributed by atoms with Crippen LogP contribution in [0.4, 0.5) is 8.78 Å². The number of hydrogen-bond acceptors (Lipinski definition) is 1. The third-order valence-electron chi connectivity index (χ3n) is 1.91. The molecule has 2 aromatic rings. The summed E-state index contributed by atoms with van der Waals surface area (Å²) in [5.41, 5.74) is -0.412. The Balaban J connectivity index is 2.79. The van der Waals surface area contributed by atoms with Gasteiger partial charge in [-0.05, 0) is 18.2 Å². The van der Waals surface area contributed by atoms with Crippen molar-refractivity contribution in [1.82, 2.24) is 4.98 Å². The minimum Gasteiger partial charge on any atom is -0.476 e. The summed E-state index contributed by atoms with van der Waals surface area (Å²) in [7, 11) is 0. The molecular weight excluding hydrogens is 192 g/mol. The predicted molar refractivity (Wildman–Crippen MR) is 45.2 cm³/mol. The highest BCUT2D eigenvalue weighted by Gasteiger charge is 2.16. The van der Waals surface area contributed by atoms with Crippen molar-refractivity contribution < 1.29 is 18.7 Å². The van der Waals surface area contributed by atoms with E-state index in [-0.39, 0.29) is 10.9 Å². The maximum Gasteiger partial charge on any atom is 0.355 e. The van der Waals surface area contributed by atoms with Gasteiger partial charge in [-0.25, -0.2) is 13.6 Å². The number of H-pyrrole nitrogens is 1. The number of hydrogen-bond donors (Lipinski definition) is 2. The maximum absolute atomic E-state index is 13.3. The molecule has 0 bridgehead atoms. The van der Waals surface area contributed by atoms with Gasteiger partial charge in [-0.3, -0.25) is 0 Å². The fourth-order valence-corrected chi connectivity index (χ4v) is 1.28. The van der Waals surface area contributed by atoms with Crippen LogP contribution < -0.4 is 0 Å². The van der Waals surface area contributed by atoms with Crippen molar-refractivity contribution in [2.24, 2.45) is 0 Å². The SMILES string of the molecule is O=C(O)c1[nH]c2cc(F)ccc2c1F. The summed E-state index contributed by atoms with van der Waals surface area (Å²) >= 11 is 0. The normalized spacial score (nSPS) is 10.7. The second-order valence-corrected chi connectivity index (χ2v) is 2.81. The molecule has 0 fully saturated rings. The first-order valence-corrected chi connectivity index (χ1v) is 3.79. The molecule has 1 heterocycles. The van der Waals surface area contributed by atoms with Crippen LogP contribution in [0.2, 0.25) is 0 Å². The Morgan fingerprint density at radius 3 is 2.71 bits per heavy atom. The number of fused-ring (bicyclic) bond motifs is 1. The summed E-state index contributed by atoms with van der Waals surface area (Å²) in [5, 5.41) is 8.64. The Labute approximate surface area is 77.0 Å². The molecule has 3 nitrogen and oxygen atoms in total. The first kappa shape index (κ1) is 8.68. The smallest absolute Gasteiger partial charge is 0.355 e. The topological polar surface area (TPSA) is 53.1 Å². The van der Waals surface area contributed by atoms with Crippen molar-refractivity contribution in [2.75, 3.05) is 0 Å². The molecule has 0 saturated carbocycles. The van der Waals surface area contributed by atoms with Gasteiger partial charge in [0.25, 0.3) is 0 Å². The van der Waals surface area contributed by atoms with Crippen LogP contribution >= 0.6 is 0 Å². The highest BCUT2D eigenvalue weighted by molar-refractivity contribution is 5.94. The van der Waals surface area contributed by atoms with E-state index in [1.807, 2.05) is 0 Å². The number of aromatic amines is 1. The van der Waals surface area contributed by atoms with Crippen LogP contribution in [0, 0.1) is 11.6 Å². The number of aromatic nitrogens is 1. The van der Waals surface area contributed by atoms with Crippen molar-refractivity contribution in [3.05, 3.63) is 35.5 Å². The van der Waals surface area contributed by atoms with Gasteiger partial charge in [-0.15, -0.1) is 0 Å². The van der Waals surface area contributed by atoms with Gasteiger partial charge in [0, 0.05) is 5.39 Å². The van der Waals surface area contributed by atoms with E-state index < -0.39 is 23.3 Å². The average molecular weight is 197 g/mol. The highest BCUT2D eigenvalue weighted by atomic mass is 19.1. The molecule has 0 aliphatic heterocycles. The Bertz CT molecular complexity index is 519. The molecule has 2 rings (SSSR count). The van der Waals surface area contributed by atoms with Crippen LogP contribution in [-0.2, 0) is 0 Å². The van der Waals surface area contributed by atoms with Crippen molar-refractivity contribution in [3.8, 4) is 0 Å². The lowest BCUT2D eigenvalue weighted by Crippen LogP contribution is -1.98. The van der Waals surface area contributed by atoms with E-state index in [9.17, 15) is 13.6 Å². The quantitative estimate of drug-likeness (QED) is 0.735. The number of halogens is 2. The number of aromatic carboxylic acids is 1. The second kappa shape index (κ2) is 2.80. The van der Waals surface area contributed by atoms with Gasteiger partial charge in [0.05, 0.1) is 5.52 Å². The molecule has 0 aliphatic carbocycles. The fourth-order valence-electron chi connectivity index (χ4n) is 1.28. The molecule has 2 N–H and O–H groups in total. The van der Waals surface area contributed by atoms with Crippen LogP contribution in [0.25, 0.3) is 10.9 Å². The van der Waals surface area contributed by atoms with E-state index in [0.29, 0.717) is 0 Å². The van der Waals surface area contributed by atoms with Crippen molar-refractivity contribution in [2.45, 2.75) is 0 Å².